The number of imide groups is 1. The fourth-order valence-electron chi connectivity index (χ4n) is 5.69. The first-order valence-corrected chi connectivity index (χ1v) is 13.0. The summed E-state index contributed by atoms with van der Waals surface area (Å²) in [6.45, 7) is 6.71. The van der Waals surface area contributed by atoms with Gasteiger partial charge >= 0.3 is 6.03 Å². The minimum absolute atomic E-state index is 0.261. The lowest BCUT2D eigenvalue weighted by molar-refractivity contribution is -0.137. The molecule has 0 radical (unpaired) electrons. The zero-order chi connectivity index (χ0) is 25.1. The molecule has 1 atom stereocenters. The summed E-state index contributed by atoms with van der Waals surface area (Å²) in [5, 5.41) is 5.82. The van der Waals surface area contributed by atoms with Crippen LogP contribution in [0, 0.1) is 0 Å². The highest BCUT2D eigenvalue weighted by molar-refractivity contribution is 6.09. The van der Waals surface area contributed by atoms with Crippen molar-refractivity contribution in [1.29, 1.82) is 0 Å². The van der Waals surface area contributed by atoms with E-state index in [1.807, 2.05) is 24.3 Å². The Hall–Kier alpha value is -3.39. The van der Waals surface area contributed by atoms with Crippen molar-refractivity contribution in [2.45, 2.75) is 57.3 Å². The van der Waals surface area contributed by atoms with E-state index >= 15 is 0 Å². The maximum Gasteiger partial charge on any atom is 0.325 e. The lowest BCUT2D eigenvalue weighted by Crippen LogP contribution is -2.49. The second-order valence-corrected chi connectivity index (χ2v) is 10.2. The van der Waals surface area contributed by atoms with Crippen LogP contribution >= 0.6 is 0 Å². The van der Waals surface area contributed by atoms with Gasteiger partial charge < -0.3 is 15.5 Å². The van der Waals surface area contributed by atoms with Crippen LogP contribution in [0.3, 0.4) is 0 Å². The molecule has 1 spiro atoms. The summed E-state index contributed by atoms with van der Waals surface area (Å²) < 4.78 is 0. The molecule has 36 heavy (non-hydrogen) atoms. The summed E-state index contributed by atoms with van der Waals surface area (Å²) in [7, 11) is 0. The van der Waals surface area contributed by atoms with Crippen LogP contribution in [0.15, 0.2) is 54.6 Å². The molecule has 8 nitrogen and oxygen atoms in total. The van der Waals surface area contributed by atoms with Crippen molar-refractivity contribution in [1.82, 2.24) is 20.4 Å². The third-order valence-corrected chi connectivity index (χ3v) is 7.88. The molecule has 3 fully saturated rings. The Kier molecular flexibility index (Phi) is 6.96. The van der Waals surface area contributed by atoms with Crippen LogP contribution in [0.1, 0.15) is 43.7 Å². The van der Waals surface area contributed by atoms with Gasteiger partial charge in [-0.05, 0) is 43.0 Å². The molecule has 8 heteroatoms. The third kappa shape index (κ3) is 4.82. The number of amides is 4. The van der Waals surface area contributed by atoms with Crippen molar-refractivity contribution in [2.75, 3.05) is 31.1 Å². The molecule has 2 aromatic carbocycles. The average Bonchev–Trinajstić information content (AvgIpc) is 3.47. The van der Waals surface area contributed by atoms with E-state index in [4.69, 9.17) is 0 Å². The Morgan fingerprint density at radius 3 is 2.28 bits per heavy atom. The van der Waals surface area contributed by atoms with Gasteiger partial charge in [-0.3, -0.25) is 14.5 Å². The number of piperazine rings is 1. The van der Waals surface area contributed by atoms with Gasteiger partial charge in [0.15, 0.2) is 0 Å². The number of hydrogen-bond donors (Lipinski definition) is 2. The lowest BCUT2D eigenvalue weighted by Gasteiger charge is -2.36. The van der Waals surface area contributed by atoms with Crippen LogP contribution in [0.2, 0.25) is 0 Å². The molecule has 2 saturated heterocycles. The van der Waals surface area contributed by atoms with Crippen molar-refractivity contribution < 1.29 is 14.4 Å². The fourth-order valence-corrected chi connectivity index (χ4v) is 5.69. The highest BCUT2D eigenvalue weighted by atomic mass is 16.2. The van der Waals surface area contributed by atoms with Crippen LogP contribution in [0.4, 0.5) is 10.5 Å². The monoisotopic (exact) mass is 489 g/mol. The molecule has 2 N–H and O–H groups in total. The first-order valence-electron chi connectivity index (χ1n) is 13.0. The lowest BCUT2D eigenvalue weighted by atomic mass is 9.97. The Morgan fingerprint density at radius 2 is 1.58 bits per heavy atom. The van der Waals surface area contributed by atoms with Crippen LogP contribution in [0.25, 0.3) is 0 Å². The molecule has 190 valence electrons. The normalized spacial score (nSPS) is 20.6. The molecule has 3 aliphatic rings. The van der Waals surface area contributed by atoms with Gasteiger partial charge in [0.1, 0.15) is 11.6 Å². The number of para-hydroxylation sites is 1. The number of carbonyl (C=O) groups is 3. The standard InChI is InChI=1S/C28H35N5O3/c1-21(33-26(35)28(30-27(33)36)13-7-8-14-28)25(34)29-19-22-9-5-6-10-23(22)20-31-15-17-32(18-16-31)24-11-3-2-4-12-24/h2-6,9-12,21H,7-8,13-20H2,1H3,(H,29,34)(H,30,36). The van der Waals surface area contributed by atoms with Crippen LogP contribution in [0.5, 0.6) is 0 Å². The number of rotatable bonds is 7. The minimum atomic E-state index is -0.851. The summed E-state index contributed by atoms with van der Waals surface area (Å²) >= 11 is 0. The van der Waals surface area contributed by atoms with E-state index in [9.17, 15) is 14.4 Å². The molecule has 4 amide bonds. The molecule has 1 saturated carbocycles. The Balaban J connectivity index is 1.16. The van der Waals surface area contributed by atoms with Crippen LogP contribution in [-0.2, 0) is 22.7 Å². The van der Waals surface area contributed by atoms with Gasteiger partial charge in [0.2, 0.25) is 5.91 Å². The van der Waals surface area contributed by atoms with E-state index in [0.29, 0.717) is 19.4 Å². The van der Waals surface area contributed by atoms with Crippen molar-refractivity contribution in [3.05, 3.63) is 65.7 Å². The molecule has 2 aliphatic heterocycles. The van der Waals surface area contributed by atoms with E-state index in [1.54, 1.807) is 6.92 Å². The first kappa shape index (κ1) is 24.3. The number of urea groups is 1. The highest BCUT2D eigenvalue weighted by Crippen LogP contribution is 2.35. The molecule has 0 aromatic heterocycles. The zero-order valence-corrected chi connectivity index (χ0v) is 20.9. The smallest absolute Gasteiger partial charge is 0.325 e. The van der Waals surface area contributed by atoms with E-state index in [1.165, 1.54) is 11.3 Å². The number of hydrogen-bond acceptors (Lipinski definition) is 5. The SMILES string of the molecule is CC(C(=O)NCc1ccccc1CN1CCN(c2ccccc2)CC1)N1C(=O)NC2(CCCC2)C1=O. The van der Waals surface area contributed by atoms with E-state index in [-0.39, 0.29) is 11.8 Å². The van der Waals surface area contributed by atoms with Crippen LogP contribution < -0.4 is 15.5 Å². The van der Waals surface area contributed by atoms with E-state index in [2.05, 4.69) is 50.8 Å². The van der Waals surface area contributed by atoms with Crippen molar-refractivity contribution in [3.63, 3.8) is 0 Å². The summed E-state index contributed by atoms with van der Waals surface area (Å²) in [6.07, 6.45) is 3.13. The maximum absolute atomic E-state index is 13.0. The maximum atomic E-state index is 13.0. The van der Waals surface area contributed by atoms with Gasteiger partial charge in [-0.15, -0.1) is 0 Å². The molecule has 0 bridgehead atoms. The molecular formula is C28H35N5O3. The first-order chi connectivity index (χ1) is 17.5. The van der Waals surface area contributed by atoms with Gasteiger partial charge in [0.05, 0.1) is 0 Å². The van der Waals surface area contributed by atoms with Gasteiger partial charge in [-0.25, -0.2) is 9.69 Å². The number of carbonyl (C=O) groups excluding carboxylic acids is 3. The van der Waals surface area contributed by atoms with Crippen LogP contribution in [-0.4, -0.2) is 65.4 Å². The van der Waals surface area contributed by atoms with E-state index < -0.39 is 17.6 Å². The second kappa shape index (κ2) is 10.3. The van der Waals surface area contributed by atoms with Gasteiger partial charge in [0.25, 0.3) is 5.91 Å². The highest BCUT2D eigenvalue weighted by Gasteiger charge is 2.54. The third-order valence-electron chi connectivity index (χ3n) is 7.88. The molecule has 2 aromatic rings. The van der Waals surface area contributed by atoms with Crippen molar-refractivity contribution >= 4 is 23.5 Å². The predicted octanol–water partition coefficient (Wildman–Crippen LogP) is 2.88. The molecule has 1 unspecified atom stereocenters. The fraction of sp³-hybridized carbons (Fsp3) is 0.464. The Labute approximate surface area is 212 Å². The van der Waals surface area contributed by atoms with Gasteiger partial charge in [-0.2, -0.15) is 0 Å². The predicted molar refractivity (Wildman–Crippen MR) is 138 cm³/mol. The van der Waals surface area contributed by atoms with Crippen molar-refractivity contribution in [2.24, 2.45) is 0 Å². The Bertz CT molecular complexity index is 1110. The quantitative estimate of drug-likeness (QED) is 0.585. The number of benzene rings is 2. The Morgan fingerprint density at radius 1 is 0.944 bits per heavy atom. The summed E-state index contributed by atoms with van der Waals surface area (Å²) in [5.74, 6) is -0.581. The summed E-state index contributed by atoms with van der Waals surface area (Å²) in [5.41, 5.74) is 2.69. The number of anilines is 1. The molecule has 5 rings (SSSR count). The number of nitrogens with zero attached hydrogens (tertiary/aromatic N) is 3. The average molecular weight is 490 g/mol. The van der Waals surface area contributed by atoms with Gasteiger partial charge in [-0.1, -0.05) is 55.3 Å². The number of nitrogens with one attached hydrogen (secondary N) is 2. The zero-order valence-electron chi connectivity index (χ0n) is 20.9. The molecular weight excluding hydrogens is 454 g/mol. The summed E-state index contributed by atoms with van der Waals surface area (Å²) in [4.78, 5) is 44.5. The van der Waals surface area contributed by atoms with Gasteiger partial charge in [0, 0.05) is 45.0 Å². The molecule has 1 aliphatic carbocycles. The largest absolute Gasteiger partial charge is 0.369 e. The summed E-state index contributed by atoms with van der Waals surface area (Å²) in [6, 6.07) is 17.3. The molecule has 2 heterocycles. The second-order valence-electron chi connectivity index (χ2n) is 10.2. The van der Waals surface area contributed by atoms with E-state index in [0.717, 1.165) is 56.0 Å². The topological polar surface area (TPSA) is 85.0 Å². The van der Waals surface area contributed by atoms with Crippen molar-refractivity contribution in [3.8, 4) is 0 Å². The minimum Gasteiger partial charge on any atom is -0.369 e.